The maximum absolute atomic E-state index is 12.7. The number of hydrogen-bond acceptors (Lipinski definition) is 7. The Hall–Kier alpha value is -3.23. The van der Waals surface area contributed by atoms with E-state index in [9.17, 15) is 9.59 Å². The van der Waals surface area contributed by atoms with Crippen molar-refractivity contribution >= 4 is 18.2 Å². The van der Waals surface area contributed by atoms with Crippen LogP contribution in [0.2, 0.25) is 0 Å². The van der Waals surface area contributed by atoms with Gasteiger partial charge in [-0.15, -0.1) is 0 Å². The van der Waals surface area contributed by atoms with Gasteiger partial charge in [0.15, 0.2) is 0 Å². The van der Waals surface area contributed by atoms with Gasteiger partial charge in [0.05, 0.1) is 37.1 Å². The van der Waals surface area contributed by atoms with E-state index in [0.29, 0.717) is 19.6 Å². The zero-order valence-electron chi connectivity index (χ0n) is 15.2. The number of urea groups is 1. The Morgan fingerprint density at radius 2 is 2.07 bits per heavy atom. The number of nitrogens with zero attached hydrogens (tertiary/aromatic N) is 6. The number of imide groups is 1. The number of carbonyl (C=O) groups excluding carboxylic acids is 2. The first-order valence-corrected chi connectivity index (χ1v) is 8.74. The van der Waals surface area contributed by atoms with Crippen LogP contribution in [0.15, 0.2) is 34.0 Å². The second kappa shape index (κ2) is 6.82. The van der Waals surface area contributed by atoms with Gasteiger partial charge in [0.25, 0.3) is 5.91 Å². The fourth-order valence-electron chi connectivity index (χ4n) is 3.35. The van der Waals surface area contributed by atoms with Crippen molar-refractivity contribution in [3.05, 3.63) is 47.1 Å². The maximum atomic E-state index is 12.7. The van der Waals surface area contributed by atoms with E-state index in [1.165, 1.54) is 9.80 Å². The molecule has 2 aliphatic rings. The fraction of sp³-hybridized carbons (Fsp3) is 0.389. The molecule has 0 saturated carbocycles. The quantitative estimate of drug-likeness (QED) is 0.739. The predicted octanol–water partition coefficient (Wildman–Crippen LogP) is 1.32. The van der Waals surface area contributed by atoms with Crippen LogP contribution in [-0.4, -0.2) is 62.2 Å². The standard InChI is InChI=1S/C18H20N6O3/c1-12-16(13(2)27-21-12)10-23-9-15(7-20-23)24-17(25)11-22(18(24)26)8-14-5-3-4-6-19-14/h3-7,15H,8-11H2,1-2H3. The first kappa shape index (κ1) is 17.2. The Bertz CT molecular complexity index is 874. The summed E-state index contributed by atoms with van der Waals surface area (Å²) in [5.41, 5.74) is 2.55. The molecule has 0 spiro atoms. The molecule has 1 atom stereocenters. The van der Waals surface area contributed by atoms with Crippen molar-refractivity contribution in [1.82, 2.24) is 24.9 Å². The van der Waals surface area contributed by atoms with Crippen LogP contribution in [0.4, 0.5) is 4.79 Å². The lowest BCUT2D eigenvalue weighted by atomic mass is 10.2. The fourth-order valence-corrected chi connectivity index (χ4v) is 3.35. The highest BCUT2D eigenvalue weighted by molar-refractivity contribution is 6.04. The molecule has 2 aliphatic heterocycles. The summed E-state index contributed by atoms with van der Waals surface area (Å²) in [5, 5.41) is 10.1. The molecule has 9 nitrogen and oxygen atoms in total. The molecule has 2 aromatic heterocycles. The Labute approximate surface area is 156 Å². The van der Waals surface area contributed by atoms with Crippen molar-refractivity contribution in [3.8, 4) is 0 Å². The van der Waals surface area contributed by atoms with Gasteiger partial charge >= 0.3 is 6.03 Å². The monoisotopic (exact) mass is 368 g/mol. The Balaban J connectivity index is 1.41. The summed E-state index contributed by atoms with van der Waals surface area (Å²) in [7, 11) is 0. The molecule has 4 rings (SSSR count). The molecule has 0 radical (unpaired) electrons. The maximum Gasteiger partial charge on any atom is 0.328 e. The highest BCUT2D eigenvalue weighted by Gasteiger charge is 2.42. The minimum atomic E-state index is -0.376. The molecule has 1 saturated heterocycles. The van der Waals surface area contributed by atoms with Crippen LogP contribution in [0, 0.1) is 13.8 Å². The van der Waals surface area contributed by atoms with Gasteiger partial charge in [-0.05, 0) is 26.0 Å². The van der Waals surface area contributed by atoms with E-state index in [0.717, 1.165) is 22.7 Å². The molecular formula is C18H20N6O3. The largest absolute Gasteiger partial charge is 0.361 e. The Kier molecular flexibility index (Phi) is 4.35. The second-order valence-corrected chi connectivity index (χ2v) is 6.71. The zero-order chi connectivity index (χ0) is 19.0. The van der Waals surface area contributed by atoms with Crippen LogP contribution in [0.3, 0.4) is 0 Å². The Morgan fingerprint density at radius 3 is 2.78 bits per heavy atom. The van der Waals surface area contributed by atoms with Crippen molar-refractivity contribution in [2.75, 3.05) is 13.1 Å². The SMILES string of the molecule is Cc1noc(C)c1CN1CC(N2C(=O)CN(Cc3ccccn3)C2=O)C=N1. The third-order valence-corrected chi connectivity index (χ3v) is 4.80. The molecule has 140 valence electrons. The van der Waals surface area contributed by atoms with Gasteiger partial charge in [-0.25, -0.2) is 4.79 Å². The van der Waals surface area contributed by atoms with Crippen LogP contribution in [-0.2, 0) is 17.9 Å². The third kappa shape index (κ3) is 3.27. The molecule has 2 aromatic rings. The van der Waals surface area contributed by atoms with Crippen LogP contribution in [0.1, 0.15) is 22.7 Å². The number of amides is 3. The molecule has 0 aromatic carbocycles. The smallest absolute Gasteiger partial charge is 0.328 e. The van der Waals surface area contributed by atoms with Gasteiger partial charge in [0.2, 0.25) is 0 Å². The molecule has 0 aliphatic carbocycles. The lowest BCUT2D eigenvalue weighted by Crippen LogP contribution is -2.44. The highest BCUT2D eigenvalue weighted by atomic mass is 16.5. The van der Waals surface area contributed by atoms with E-state index in [1.54, 1.807) is 12.4 Å². The number of hydrogen-bond donors (Lipinski definition) is 0. The summed E-state index contributed by atoms with van der Waals surface area (Å²) in [6.07, 6.45) is 3.32. The average molecular weight is 368 g/mol. The van der Waals surface area contributed by atoms with E-state index in [4.69, 9.17) is 4.52 Å². The molecule has 0 bridgehead atoms. The topological polar surface area (TPSA) is 95.1 Å². The molecule has 3 amide bonds. The van der Waals surface area contributed by atoms with E-state index in [1.807, 2.05) is 37.1 Å². The molecule has 4 heterocycles. The molecule has 1 fully saturated rings. The van der Waals surface area contributed by atoms with E-state index >= 15 is 0 Å². The molecular weight excluding hydrogens is 348 g/mol. The van der Waals surface area contributed by atoms with Crippen molar-refractivity contribution in [2.45, 2.75) is 33.0 Å². The van der Waals surface area contributed by atoms with Gasteiger partial charge in [-0.1, -0.05) is 11.2 Å². The molecule has 27 heavy (non-hydrogen) atoms. The number of aryl methyl sites for hydroxylation is 2. The van der Waals surface area contributed by atoms with E-state index in [2.05, 4.69) is 15.2 Å². The van der Waals surface area contributed by atoms with Crippen molar-refractivity contribution in [1.29, 1.82) is 0 Å². The number of aromatic nitrogens is 2. The third-order valence-electron chi connectivity index (χ3n) is 4.80. The summed E-state index contributed by atoms with van der Waals surface area (Å²) < 4.78 is 5.18. The van der Waals surface area contributed by atoms with Gasteiger partial charge in [-0.3, -0.25) is 19.7 Å². The normalized spacial score (nSPS) is 19.6. The number of hydrazone groups is 1. The predicted molar refractivity (Wildman–Crippen MR) is 95.6 cm³/mol. The van der Waals surface area contributed by atoms with Crippen LogP contribution in [0.25, 0.3) is 0 Å². The average Bonchev–Trinajstić information content (AvgIpc) is 3.31. The first-order chi connectivity index (χ1) is 13.0. The minimum Gasteiger partial charge on any atom is -0.361 e. The molecule has 0 N–H and O–H groups in total. The van der Waals surface area contributed by atoms with Gasteiger partial charge < -0.3 is 9.42 Å². The summed E-state index contributed by atoms with van der Waals surface area (Å²) in [6.45, 7) is 5.10. The summed E-state index contributed by atoms with van der Waals surface area (Å²) in [4.78, 5) is 32.2. The summed E-state index contributed by atoms with van der Waals surface area (Å²) >= 11 is 0. The summed E-state index contributed by atoms with van der Waals surface area (Å²) in [6, 6.07) is 4.83. The van der Waals surface area contributed by atoms with E-state index < -0.39 is 0 Å². The number of pyridine rings is 1. The van der Waals surface area contributed by atoms with Gasteiger partial charge in [0, 0.05) is 18.0 Å². The van der Waals surface area contributed by atoms with Gasteiger partial charge in [0.1, 0.15) is 12.3 Å². The number of rotatable bonds is 5. The number of carbonyl (C=O) groups is 2. The van der Waals surface area contributed by atoms with Crippen molar-refractivity contribution in [3.63, 3.8) is 0 Å². The van der Waals surface area contributed by atoms with E-state index in [-0.39, 0.29) is 24.5 Å². The first-order valence-electron chi connectivity index (χ1n) is 8.74. The second-order valence-electron chi connectivity index (χ2n) is 6.71. The molecule has 1 unspecified atom stereocenters. The van der Waals surface area contributed by atoms with Crippen LogP contribution >= 0.6 is 0 Å². The summed E-state index contributed by atoms with van der Waals surface area (Å²) in [5.74, 6) is 0.535. The van der Waals surface area contributed by atoms with Crippen molar-refractivity contribution < 1.29 is 14.1 Å². The highest BCUT2D eigenvalue weighted by Crippen LogP contribution is 2.21. The Morgan fingerprint density at radius 1 is 1.22 bits per heavy atom. The van der Waals surface area contributed by atoms with Crippen LogP contribution < -0.4 is 0 Å². The molecule has 9 heteroatoms. The lowest BCUT2D eigenvalue weighted by Gasteiger charge is -2.22. The minimum absolute atomic E-state index is 0.0591. The van der Waals surface area contributed by atoms with Crippen molar-refractivity contribution in [2.24, 2.45) is 5.10 Å². The van der Waals surface area contributed by atoms with Gasteiger partial charge in [-0.2, -0.15) is 5.10 Å². The lowest BCUT2D eigenvalue weighted by molar-refractivity contribution is -0.126. The zero-order valence-corrected chi connectivity index (χ0v) is 15.2. The van der Waals surface area contributed by atoms with Crippen LogP contribution in [0.5, 0.6) is 0 Å².